The van der Waals surface area contributed by atoms with Crippen molar-refractivity contribution in [2.24, 2.45) is 12.8 Å². The molecule has 0 aliphatic carbocycles. The fourth-order valence-corrected chi connectivity index (χ4v) is 5.00. The monoisotopic (exact) mass is 527 g/mol. The van der Waals surface area contributed by atoms with Gasteiger partial charge in [0.1, 0.15) is 5.82 Å². The highest BCUT2D eigenvalue weighted by Gasteiger charge is 2.33. The first-order chi connectivity index (χ1) is 18.7. The van der Waals surface area contributed by atoms with Gasteiger partial charge in [-0.1, -0.05) is 19.1 Å². The van der Waals surface area contributed by atoms with E-state index in [4.69, 9.17) is 10.5 Å². The first-order valence-electron chi connectivity index (χ1n) is 12.5. The Bertz CT molecular complexity index is 1660. The number of urea groups is 1. The normalized spacial score (nSPS) is 13.3. The van der Waals surface area contributed by atoms with Gasteiger partial charge >= 0.3 is 17.7 Å². The Labute approximate surface area is 225 Å². The van der Waals surface area contributed by atoms with E-state index >= 15 is 0 Å². The standard InChI is InChI=1S/C28H29N7O4/c1-5-21-23(22-10-9-20(15-17(22)2)35-26(39-4)31-32(3)27(35)37)11-12-30-25(21)34-14-13-33(28(34)38)19-8-6-7-18(16-19)24(29)36/h6-12,15-16H,5,13-14H2,1-4H3,(H2,29,36). The van der Waals surface area contributed by atoms with Gasteiger partial charge in [0.05, 0.1) is 12.8 Å². The predicted molar refractivity (Wildman–Crippen MR) is 148 cm³/mol. The molecule has 0 atom stereocenters. The molecule has 1 aliphatic rings. The lowest BCUT2D eigenvalue weighted by molar-refractivity contribution is 0.1000. The van der Waals surface area contributed by atoms with E-state index < -0.39 is 5.91 Å². The molecule has 0 spiro atoms. The van der Waals surface area contributed by atoms with Crippen LogP contribution in [-0.2, 0) is 13.5 Å². The molecule has 1 aliphatic heterocycles. The van der Waals surface area contributed by atoms with Crippen LogP contribution in [0.4, 0.5) is 16.3 Å². The van der Waals surface area contributed by atoms with Crippen LogP contribution in [0, 0.1) is 6.92 Å². The lowest BCUT2D eigenvalue weighted by atomic mass is 9.95. The molecule has 3 amide bonds. The maximum atomic E-state index is 13.5. The summed E-state index contributed by atoms with van der Waals surface area (Å²) in [4.78, 5) is 45.7. The summed E-state index contributed by atoms with van der Waals surface area (Å²) >= 11 is 0. The van der Waals surface area contributed by atoms with Crippen molar-refractivity contribution in [3.05, 3.63) is 81.9 Å². The van der Waals surface area contributed by atoms with Crippen molar-refractivity contribution in [2.45, 2.75) is 20.3 Å². The molecule has 1 saturated heterocycles. The molecule has 0 bridgehead atoms. The van der Waals surface area contributed by atoms with Crippen LogP contribution in [0.25, 0.3) is 16.8 Å². The van der Waals surface area contributed by atoms with Crippen molar-refractivity contribution < 1.29 is 14.3 Å². The van der Waals surface area contributed by atoms with Gasteiger partial charge in [-0.3, -0.25) is 14.6 Å². The topological polar surface area (TPSA) is 129 Å². The summed E-state index contributed by atoms with van der Waals surface area (Å²) in [6, 6.07) is 14.4. The van der Waals surface area contributed by atoms with Gasteiger partial charge in [0, 0.05) is 43.1 Å². The minimum absolute atomic E-state index is 0.202. The lowest BCUT2D eigenvalue weighted by Crippen LogP contribution is -2.33. The van der Waals surface area contributed by atoms with Gasteiger partial charge in [0.25, 0.3) is 0 Å². The number of methoxy groups -OCH3 is 1. The molecule has 200 valence electrons. The third-order valence-electron chi connectivity index (χ3n) is 6.93. The van der Waals surface area contributed by atoms with Crippen LogP contribution < -0.4 is 26.0 Å². The van der Waals surface area contributed by atoms with Crippen molar-refractivity contribution in [3.8, 4) is 22.8 Å². The van der Waals surface area contributed by atoms with E-state index in [1.54, 1.807) is 47.3 Å². The highest BCUT2D eigenvalue weighted by atomic mass is 16.5. The SMILES string of the molecule is CCc1c(-c2ccc(-n3c(OC)nn(C)c3=O)cc2C)ccnc1N1CCN(c2cccc(C(N)=O)c2)C1=O. The molecular weight excluding hydrogens is 498 g/mol. The minimum atomic E-state index is -0.545. The summed E-state index contributed by atoms with van der Waals surface area (Å²) in [6.07, 6.45) is 2.35. The zero-order valence-corrected chi connectivity index (χ0v) is 22.2. The summed E-state index contributed by atoms with van der Waals surface area (Å²) in [6.45, 7) is 4.90. The van der Waals surface area contributed by atoms with Gasteiger partial charge in [-0.2, -0.15) is 0 Å². The average molecular weight is 528 g/mol. The van der Waals surface area contributed by atoms with Crippen molar-refractivity contribution in [2.75, 3.05) is 30.0 Å². The molecule has 0 saturated carbocycles. The molecule has 39 heavy (non-hydrogen) atoms. The Morgan fingerprint density at radius 1 is 1.03 bits per heavy atom. The smallest absolute Gasteiger partial charge is 0.353 e. The predicted octanol–water partition coefficient (Wildman–Crippen LogP) is 3.06. The van der Waals surface area contributed by atoms with E-state index in [2.05, 4.69) is 10.1 Å². The molecule has 2 aromatic carbocycles. The van der Waals surface area contributed by atoms with E-state index in [1.165, 1.54) is 16.4 Å². The van der Waals surface area contributed by atoms with Crippen LogP contribution in [0.5, 0.6) is 6.01 Å². The van der Waals surface area contributed by atoms with E-state index in [-0.39, 0.29) is 17.7 Å². The largest absolute Gasteiger partial charge is 0.467 e. The van der Waals surface area contributed by atoms with Gasteiger partial charge < -0.3 is 10.5 Å². The molecule has 5 rings (SSSR count). The summed E-state index contributed by atoms with van der Waals surface area (Å²) in [5.74, 6) is 0.0541. The number of nitrogens with zero attached hydrogens (tertiary/aromatic N) is 6. The summed E-state index contributed by atoms with van der Waals surface area (Å²) in [5, 5.41) is 4.12. The van der Waals surface area contributed by atoms with Crippen molar-refractivity contribution in [1.82, 2.24) is 19.3 Å². The van der Waals surface area contributed by atoms with E-state index in [1.807, 2.05) is 38.1 Å². The van der Waals surface area contributed by atoms with Crippen molar-refractivity contribution in [1.29, 1.82) is 0 Å². The van der Waals surface area contributed by atoms with E-state index in [0.29, 0.717) is 42.3 Å². The second kappa shape index (κ2) is 10.1. The lowest BCUT2D eigenvalue weighted by Gasteiger charge is -2.22. The number of hydrogen-bond acceptors (Lipinski definition) is 6. The Balaban J connectivity index is 1.51. The van der Waals surface area contributed by atoms with Crippen LogP contribution in [0.1, 0.15) is 28.4 Å². The van der Waals surface area contributed by atoms with Crippen LogP contribution in [0.2, 0.25) is 0 Å². The molecule has 0 radical (unpaired) electrons. The summed E-state index contributed by atoms with van der Waals surface area (Å²) in [5.41, 5.74) is 10.5. The van der Waals surface area contributed by atoms with Crippen molar-refractivity contribution >= 4 is 23.4 Å². The quantitative estimate of drug-likeness (QED) is 0.393. The third kappa shape index (κ3) is 4.41. The molecular formula is C28H29N7O4. The molecule has 0 unspecified atom stereocenters. The highest BCUT2D eigenvalue weighted by Crippen LogP contribution is 2.35. The number of ether oxygens (including phenoxy) is 1. The second-order valence-electron chi connectivity index (χ2n) is 9.24. The number of amides is 3. The molecule has 3 heterocycles. The van der Waals surface area contributed by atoms with Gasteiger partial charge in [-0.05, 0) is 66.4 Å². The molecule has 2 aromatic heterocycles. The third-order valence-corrected chi connectivity index (χ3v) is 6.93. The fraction of sp³-hybridized carbons (Fsp3) is 0.250. The van der Waals surface area contributed by atoms with Gasteiger partial charge in [-0.25, -0.2) is 23.8 Å². The van der Waals surface area contributed by atoms with Crippen LogP contribution in [0.15, 0.2) is 59.5 Å². The van der Waals surface area contributed by atoms with Crippen LogP contribution in [0.3, 0.4) is 0 Å². The number of benzene rings is 2. The zero-order chi connectivity index (χ0) is 27.8. The Kier molecular flexibility index (Phi) is 6.65. The summed E-state index contributed by atoms with van der Waals surface area (Å²) < 4.78 is 7.94. The number of anilines is 2. The summed E-state index contributed by atoms with van der Waals surface area (Å²) in [7, 11) is 3.05. The maximum Gasteiger partial charge on any atom is 0.353 e. The van der Waals surface area contributed by atoms with E-state index in [9.17, 15) is 14.4 Å². The van der Waals surface area contributed by atoms with Gasteiger partial charge in [-0.15, -0.1) is 5.10 Å². The van der Waals surface area contributed by atoms with Crippen LogP contribution in [-0.4, -0.2) is 51.5 Å². The first kappa shape index (κ1) is 25.7. The highest BCUT2D eigenvalue weighted by molar-refractivity contribution is 6.07. The fourth-order valence-electron chi connectivity index (χ4n) is 5.00. The number of carbonyl (C=O) groups is 2. The maximum absolute atomic E-state index is 13.5. The number of rotatable bonds is 7. The first-order valence-corrected chi connectivity index (χ1v) is 12.5. The molecule has 11 nitrogen and oxygen atoms in total. The van der Waals surface area contributed by atoms with Crippen LogP contribution >= 0.6 is 0 Å². The van der Waals surface area contributed by atoms with E-state index in [0.717, 1.165) is 22.3 Å². The number of pyridine rings is 1. The molecule has 4 aromatic rings. The Hall–Kier alpha value is -4.93. The minimum Gasteiger partial charge on any atom is -0.467 e. The number of carbonyl (C=O) groups excluding carboxylic acids is 2. The number of primary amides is 1. The number of nitrogens with two attached hydrogens (primary N) is 1. The van der Waals surface area contributed by atoms with Crippen molar-refractivity contribution in [3.63, 3.8) is 0 Å². The average Bonchev–Trinajstić information content (AvgIpc) is 3.46. The second-order valence-corrected chi connectivity index (χ2v) is 9.24. The number of aromatic nitrogens is 4. The number of hydrogen-bond donors (Lipinski definition) is 1. The molecule has 11 heteroatoms. The molecule has 1 fully saturated rings. The van der Waals surface area contributed by atoms with Gasteiger partial charge in [0.2, 0.25) is 5.91 Å². The number of aryl methyl sites for hydroxylation is 2. The Morgan fingerprint density at radius 3 is 2.49 bits per heavy atom. The van der Waals surface area contributed by atoms with Gasteiger partial charge in [0.15, 0.2) is 0 Å². The molecule has 2 N–H and O–H groups in total. The Morgan fingerprint density at radius 2 is 1.79 bits per heavy atom. The zero-order valence-electron chi connectivity index (χ0n) is 22.2.